The second-order valence-corrected chi connectivity index (χ2v) is 3.58. The number of dihydropyridines is 1. The maximum Gasteiger partial charge on any atom is 0.154 e. The van der Waals surface area contributed by atoms with E-state index < -0.39 is 0 Å². The predicted octanol–water partition coefficient (Wildman–Crippen LogP) is 2.49. The quantitative estimate of drug-likeness (QED) is 0.656. The number of benzene rings is 1. The van der Waals surface area contributed by atoms with Crippen molar-refractivity contribution in [2.45, 2.75) is 0 Å². The fourth-order valence-corrected chi connectivity index (χ4v) is 1.80. The Morgan fingerprint density at radius 2 is 1.93 bits per heavy atom. The Morgan fingerprint density at radius 3 is 2.80 bits per heavy atom. The molecule has 0 atom stereocenters. The van der Waals surface area contributed by atoms with Crippen LogP contribution in [-0.4, -0.2) is 18.6 Å². The summed E-state index contributed by atoms with van der Waals surface area (Å²) in [5.74, 6) is 0.870. The molecule has 15 heavy (non-hydrogen) atoms. The van der Waals surface area contributed by atoms with Gasteiger partial charge in [-0.05, 0) is 23.3 Å². The van der Waals surface area contributed by atoms with Gasteiger partial charge in [0.25, 0.3) is 0 Å². The fraction of sp³-hybridized carbons (Fsp3) is 0.0769. The van der Waals surface area contributed by atoms with E-state index in [-0.39, 0.29) is 0 Å². The lowest BCUT2D eigenvalue weighted by atomic mass is 10.0. The van der Waals surface area contributed by atoms with E-state index in [9.17, 15) is 0 Å². The Morgan fingerprint density at radius 1 is 1.07 bits per heavy atom. The summed E-state index contributed by atoms with van der Waals surface area (Å²) in [6, 6.07) is 10.4. The highest BCUT2D eigenvalue weighted by Gasteiger charge is 2.14. The van der Waals surface area contributed by atoms with Gasteiger partial charge in [0.15, 0.2) is 5.84 Å². The first-order valence-corrected chi connectivity index (χ1v) is 4.99. The van der Waals surface area contributed by atoms with Crippen LogP contribution in [0, 0.1) is 0 Å². The van der Waals surface area contributed by atoms with E-state index in [2.05, 4.69) is 40.3 Å². The zero-order valence-corrected chi connectivity index (χ0v) is 8.22. The van der Waals surface area contributed by atoms with E-state index in [1.807, 2.05) is 12.1 Å². The van der Waals surface area contributed by atoms with Crippen LogP contribution in [0.2, 0.25) is 0 Å². The van der Waals surface area contributed by atoms with Crippen molar-refractivity contribution in [3.05, 3.63) is 53.6 Å². The number of amidine groups is 1. The van der Waals surface area contributed by atoms with Crippen molar-refractivity contribution in [1.82, 2.24) is 0 Å². The Kier molecular flexibility index (Phi) is 1.85. The van der Waals surface area contributed by atoms with Crippen molar-refractivity contribution in [2.24, 2.45) is 9.98 Å². The highest BCUT2D eigenvalue weighted by atomic mass is 14.9. The number of hydrogen-bond donors (Lipinski definition) is 0. The van der Waals surface area contributed by atoms with E-state index in [0.717, 1.165) is 18.0 Å². The SMILES string of the molecule is C1=NC2=NCC(c3ccccc3)=CC2=C1. The average Bonchev–Trinajstić information content (AvgIpc) is 2.77. The van der Waals surface area contributed by atoms with E-state index in [1.165, 1.54) is 11.1 Å². The molecule has 0 amide bonds. The number of fused-ring (bicyclic) bond motifs is 1. The van der Waals surface area contributed by atoms with Crippen LogP contribution in [0.15, 0.2) is 58.0 Å². The van der Waals surface area contributed by atoms with Crippen molar-refractivity contribution in [3.63, 3.8) is 0 Å². The van der Waals surface area contributed by atoms with Crippen LogP contribution in [0.25, 0.3) is 5.57 Å². The topological polar surface area (TPSA) is 24.7 Å². The molecule has 2 heterocycles. The molecule has 0 bridgehead atoms. The molecule has 0 aliphatic carbocycles. The molecule has 2 heteroatoms. The number of allylic oxidation sites excluding steroid dienone is 1. The maximum atomic E-state index is 4.43. The summed E-state index contributed by atoms with van der Waals surface area (Å²) in [6.45, 7) is 0.730. The molecule has 0 saturated heterocycles. The highest BCUT2D eigenvalue weighted by Crippen LogP contribution is 2.23. The molecule has 0 unspecified atom stereocenters. The number of rotatable bonds is 1. The first kappa shape index (κ1) is 8.36. The zero-order valence-electron chi connectivity index (χ0n) is 8.22. The number of aliphatic imine (C=N–C) groups is 2. The van der Waals surface area contributed by atoms with Crippen LogP contribution in [0.1, 0.15) is 5.56 Å². The fourth-order valence-electron chi connectivity index (χ4n) is 1.80. The zero-order chi connectivity index (χ0) is 10.1. The molecule has 3 rings (SSSR count). The van der Waals surface area contributed by atoms with Crippen molar-refractivity contribution in [1.29, 1.82) is 0 Å². The normalized spacial score (nSPS) is 18.0. The Hall–Kier alpha value is -1.96. The molecule has 1 aromatic rings. The van der Waals surface area contributed by atoms with Gasteiger partial charge in [-0.25, -0.2) is 4.99 Å². The summed E-state index contributed by atoms with van der Waals surface area (Å²) in [5.41, 5.74) is 3.63. The highest BCUT2D eigenvalue weighted by molar-refractivity contribution is 6.15. The lowest BCUT2D eigenvalue weighted by Gasteiger charge is -2.11. The molecule has 0 N–H and O–H groups in total. The van der Waals surface area contributed by atoms with Crippen LogP contribution in [0.5, 0.6) is 0 Å². The summed E-state index contributed by atoms with van der Waals surface area (Å²) in [4.78, 5) is 8.61. The number of nitrogens with zero attached hydrogens (tertiary/aromatic N) is 2. The van der Waals surface area contributed by atoms with Gasteiger partial charge in [-0.1, -0.05) is 30.3 Å². The van der Waals surface area contributed by atoms with Crippen LogP contribution in [0.4, 0.5) is 0 Å². The van der Waals surface area contributed by atoms with Crippen molar-refractivity contribution >= 4 is 17.6 Å². The van der Waals surface area contributed by atoms with E-state index in [1.54, 1.807) is 6.21 Å². The molecule has 1 aromatic carbocycles. The maximum absolute atomic E-state index is 4.43. The molecule has 2 nitrogen and oxygen atoms in total. The summed E-state index contributed by atoms with van der Waals surface area (Å²) in [6.07, 6.45) is 5.98. The van der Waals surface area contributed by atoms with Gasteiger partial charge in [0.2, 0.25) is 0 Å². The van der Waals surface area contributed by atoms with Gasteiger partial charge in [-0.3, -0.25) is 4.99 Å². The number of hydrogen-bond acceptors (Lipinski definition) is 2. The minimum Gasteiger partial charge on any atom is -0.261 e. The van der Waals surface area contributed by atoms with E-state index in [0.29, 0.717) is 0 Å². The molecule has 2 aliphatic heterocycles. The molecular formula is C13H10N2. The first-order chi connectivity index (χ1) is 7.43. The molecule has 0 fully saturated rings. The van der Waals surface area contributed by atoms with Crippen LogP contribution >= 0.6 is 0 Å². The molecule has 0 aromatic heterocycles. The Balaban J connectivity index is 1.99. The van der Waals surface area contributed by atoms with E-state index >= 15 is 0 Å². The molecule has 72 valence electrons. The van der Waals surface area contributed by atoms with Gasteiger partial charge in [-0.15, -0.1) is 0 Å². The lowest BCUT2D eigenvalue weighted by Crippen LogP contribution is -2.04. The van der Waals surface area contributed by atoms with Gasteiger partial charge in [0, 0.05) is 11.8 Å². The minimum absolute atomic E-state index is 0.730. The monoisotopic (exact) mass is 194 g/mol. The first-order valence-electron chi connectivity index (χ1n) is 4.99. The summed E-state index contributed by atoms with van der Waals surface area (Å²) in [7, 11) is 0. The van der Waals surface area contributed by atoms with Gasteiger partial charge in [0.05, 0.1) is 6.54 Å². The molecule has 0 saturated carbocycles. The van der Waals surface area contributed by atoms with Gasteiger partial charge in [-0.2, -0.15) is 0 Å². The molecule has 0 spiro atoms. The Bertz CT molecular complexity index is 505. The summed E-state index contributed by atoms with van der Waals surface area (Å²) in [5, 5.41) is 0. The molecule has 0 radical (unpaired) electrons. The average molecular weight is 194 g/mol. The van der Waals surface area contributed by atoms with Crippen molar-refractivity contribution < 1.29 is 0 Å². The van der Waals surface area contributed by atoms with Gasteiger partial charge in [0.1, 0.15) is 0 Å². The van der Waals surface area contributed by atoms with Crippen molar-refractivity contribution in [3.8, 4) is 0 Å². The third-order valence-corrected chi connectivity index (χ3v) is 2.58. The lowest BCUT2D eigenvalue weighted by molar-refractivity contribution is 1.22. The van der Waals surface area contributed by atoms with Crippen LogP contribution in [0.3, 0.4) is 0 Å². The summed E-state index contributed by atoms with van der Waals surface area (Å²) >= 11 is 0. The predicted molar refractivity (Wildman–Crippen MR) is 63.3 cm³/mol. The minimum atomic E-state index is 0.730. The third kappa shape index (κ3) is 1.44. The Labute approximate surface area is 88.4 Å². The summed E-state index contributed by atoms with van der Waals surface area (Å²) < 4.78 is 0. The van der Waals surface area contributed by atoms with Gasteiger partial charge < -0.3 is 0 Å². The van der Waals surface area contributed by atoms with Crippen LogP contribution in [-0.2, 0) is 0 Å². The van der Waals surface area contributed by atoms with Crippen LogP contribution < -0.4 is 0 Å². The van der Waals surface area contributed by atoms with Gasteiger partial charge >= 0.3 is 0 Å². The second kappa shape index (κ2) is 3.31. The standard InChI is InChI=1S/C13H10N2/c1-2-4-10(5-3-1)12-8-11-6-7-14-13(11)15-9-12/h1-8H,9H2. The second-order valence-electron chi connectivity index (χ2n) is 3.58. The molecular weight excluding hydrogens is 184 g/mol. The molecule has 2 aliphatic rings. The smallest absolute Gasteiger partial charge is 0.154 e. The van der Waals surface area contributed by atoms with Crippen molar-refractivity contribution in [2.75, 3.05) is 6.54 Å². The van der Waals surface area contributed by atoms with E-state index in [4.69, 9.17) is 0 Å². The largest absolute Gasteiger partial charge is 0.261 e. The third-order valence-electron chi connectivity index (χ3n) is 2.58.